The van der Waals surface area contributed by atoms with Gasteiger partial charge in [0.1, 0.15) is 11.5 Å². The van der Waals surface area contributed by atoms with E-state index < -0.39 is 6.10 Å². The normalized spacial score (nSPS) is 11.4. The van der Waals surface area contributed by atoms with Crippen molar-refractivity contribution in [3.8, 4) is 11.5 Å². The Labute approximate surface area is 167 Å². The van der Waals surface area contributed by atoms with Gasteiger partial charge in [0, 0.05) is 11.0 Å². The van der Waals surface area contributed by atoms with Gasteiger partial charge in [0.25, 0.3) is 5.91 Å². The molecule has 2 amide bonds. The van der Waals surface area contributed by atoms with Crippen LogP contribution in [0.1, 0.15) is 13.8 Å². The maximum atomic E-state index is 12.6. The molecular weight excluding hydrogens is 412 g/mol. The van der Waals surface area contributed by atoms with Crippen LogP contribution in [0.25, 0.3) is 0 Å². The maximum Gasteiger partial charge on any atom is 0.263 e. The Morgan fingerprint density at radius 2 is 1.81 bits per heavy atom. The summed E-state index contributed by atoms with van der Waals surface area (Å²) < 4.78 is 11.8. The van der Waals surface area contributed by atoms with E-state index in [0.717, 1.165) is 4.47 Å². The number of halogens is 1. The van der Waals surface area contributed by atoms with Crippen molar-refractivity contribution in [1.82, 2.24) is 4.90 Å². The van der Waals surface area contributed by atoms with Gasteiger partial charge in [-0.1, -0.05) is 28.1 Å². The number of hydrogen-bond donors (Lipinski definition) is 1. The van der Waals surface area contributed by atoms with Gasteiger partial charge in [0.2, 0.25) is 5.91 Å². The molecule has 0 fully saturated rings. The van der Waals surface area contributed by atoms with Gasteiger partial charge < -0.3 is 19.7 Å². The van der Waals surface area contributed by atoms with Crippen LogP contribution in [0, 0.1) is 0 Å². The molecule has 0 bridgehead atoms. The molecule has 0 aromatic heterocycles. The highest BCUT2D eigenvalue weighted by Crippen LogP contribution is 2.23. The topological polar surface area (TPSA) is 67.9 Å². The Kier molecular flexibility index (Phi) is 7.67. The summed E-state index contributed by atoms with van der Waals surface area (Å²) in [5.41, 5.74) is 0.563. The van der Waals surface area contributed by atoms with Crippen LogP contribution in [0.15, 0.2) is 53.0 Å². The molecule has 0 heterocycles. The molecule has 6 nitrogen and oxygen atoms in total. The third-order valence-electron chi connectivity index (χ3n) is 3.88. The van der Waals surface area contributed by atoms with Crippen LogP contribution in [0.2, 0.25) is 0 Å². The van der Waals surface area contributed by atoms with Gasteiger partial charge in [-0.3, -0.25) is 9.59 Å². The second kappa shape index (κ2) is 9.97. The minimum atomic E-state index is -0.704. The fraction of sp³-hybridized carbons (Fsp3) is 0.300. The number of rotatable bonds is 8. The molecule has 0 aliphatic carbocycles. The highest BCUT2D eigenvalue weighted by atomic mass is 79.9. The second-order valence-electron chi connectivity index (χ2n) is 5.81. The molecule has 0 saturated heterocycles. The Balaban J connectivity index is 1.97. The van der Waals surface area contributed by atoms with Crippen molar-refractivity contribution in [3.63, 3.8) is 0 Å². The van der Waals surface area contributed by atoms with Crippen LogP contribution in [-0.4, -0.2) is 43.0 Å². The molecular formula is C20H23BrN2O4. The van der Waals surface area contributed by atoms with Crippen LogP contribution < -0.4 is 14.8 Å². The van der Waals surface area contributed by atoms with E-state index in [0.29, 0.717) is 23.7 Å². The molecule has 0 spiro atoms. The summed E-state index contributed by atoms with van der Waals surface area (Å²) in [5.74, 6) is 0.599. The van der Waals surface area contributed by atoms with E-state index in [1.807, 2.05) is 25.1 Å². The number of para-hydroxylation sites is 2. The van der Waals surface area contributed by atoms with Crippen molar-refractivity contribution in [2.75, 3.05) is 25.5 Å². The van der Waals surface area contributed by atoms with Gasteiger partial charge in [0.15, 0.2) is 6.10 Å². The first kappa shape index (κ1) is 20.8. The summed E-state index contributed by atoms with van der Waals surface area (Å²) in [5, 5.41) is 2.77. The number of carbonyl (C=O) groups excluding carboxylic acids is 2. The molecule has 1 unspecified atom stereocenters. The molecule has 1 N–H and O–H groups in total. The molecule has 0 aliphatic heterocycles. The van der Waals surface area contributed by atoms with Crippen LogP contribution in [0.5, 0.6) is 11.5 Å². The molecule has 2 aromatic rings. The quantitative estimate of drug-likeness (QED) is 0.687. The van der Waals surface area contributed by atoms with Crippen molar-refractivity contribution in [1.29, 1.82) is 0 Å². The van der Waals surface area contributed by atoms with Gasteiger partial charge >= 0.3 is 0 Å². The highest BCUT2D eigenvalue weighted by Gasteiger charge is 2.23. The number of hydrogen-bond acceptors (Lipinski definition) is 4. The first-order valence-electron chi connectivity index (χ1n) is 8.58. The lowest BCUT2D eigenvalue weighted by atomic mass is 10.2. The Bertz CT molecular complexity index is 780. The number of benzene rings is 2. The molecule has 144 valence electrons. The second-order valence-corrected chi connectivity index (χ2v) is 6.73. The fourth-order valence-electron chi connectivity index (χ4n) is 2.48. The van der Waals surface area contributed by atoms with Gasteiger partial charge in [-0.05, 0) is 50.2 Å². The standard InChI is InChI=1S/C20H23BrN2O4/c1-4-23(13-19(24)22-17-7-5-6-8-18(17)26-3)20(25)14(2)27-16-11-9-15(21)10-12-16/h5-12,14H,4,13H2,1-3H3,(H,22,24). The third-order valence-corrected chi connectivity index (χ3v) is 4.41. The largest absolute Gasteiger partial charge is 0.495 e. The number of methoxy groups -OCH3 is 1. The lowest BCUT2D eigenvalue weighted by Gasteiger charge is -2.24. The van der Waals surface area contributed by atoms with Gasteiger partial charge in [0.05, 0.1) is 19.3 Å². The lowest BCUT2D eigenvalue weighted by molar-refractivity contribution is -0.140. The summed E-state index contributed by atoms with van der Waals surface area (Å²) in [6, 6.07) is 14.3. The van der Waals surface area contributed by atoms with Crippen molar-refractivity contribution in [3.05, 3.63) is 53.0 Å². The summed E-state index contributed by atoms with van der Waals surface area (Å²) >= 11 is 3.36. The lowest BCUT2D eigenvalue weighted by Crippen LogP contribution is -2.44. The van der Waals surface area contributed by atoms with Crippen molar-refractivity contribution in [2.24, 2.45) is 0 Å². The van der Waals surface area contributed by atoms with Gasteiger partial charge in [-0.15, -0.1) is 0 Å². The molecule has 2 aromatic carbocycles. The van der Waals surface area contributed by atoms with Gasteiger partial charge in [-0.25, -0.2) is 0 Å². The number of carbonyl (C=O) groups is 2. The smallest absolute Gasteiger partial charge is 0.263 e. The molecule has 0 saturated carbocycles. The number of likely N-dealkylation sites (N-methyl/N-ethyl adjacent to an activating group) is 1. The van der Waals surface area contributed by atoms with Crippen molar-refractivity contribution < 1.29 is 19.1 Å². The van der Waals surface area contributed by atoms with E-state index in [1.54, 1.807) is 37.3 Å². The number of nitrogens with zero attached hydrogens (tertiary/aromatic N) is 1. The average Bonchev–Trinajstić information content (AvgIpc) is 2.67. The number of nitrogens with one attached hydrogen (secondary N) is 1. The third kappa shape index (κ3) is 5.99. The molecule has 2 rings (SSSR count). The summed E-state index contributed by atoms with van der Waals surface area (Å²) in [7, 11) is 1.54. The van der Waals surface area contributed by atoms with Crippen LogP contribution in [0.4, 0.5) is 5.69 Å². The van der Waals surface area contributed by atoms with Crippen molar-refractivity contribution in [2.45, 2.75) is 20.0 Å². The Hall–Kier alpha value is -2.54. The monoisotopic (exact) mass is 434 g/mol. The van der Waals surface area contributed by atoms with E-state index in [1.165, 1.54) is 12.0 Å². The average molecular weight is 435 g/mol. The van der Waals surface area contributed by atoms with Crippen molar-refractivity contribution >= 4 is 33.4 Å². The van der Waals surface area contributed by atoms with E-state index >= 15 is 0 Å². The first-order valence-corrected chi connectivity index (χ1v) is 9.37. The molecule has 0 radical (unpaired) electrons. The molecule has 27 heavy (non-hydrogen) atoms. The van der Waals surface area contributed by atoms with E-state index in [-0.39, 0.29) is 18.4 Å². The highest BCUT2D eigenvalue weighted by molar-refractivity contribution is 9.10. The SMILES string of the molecule is CCN(CC(=O)Nc1ccccc1OC)C(=O)C(C)Oc1ccc(Br)cc1. The summed E-state index contributed by atoms with van der Waals surface area (Å²) in [6.45, 7) is 3.82. The van der Waals surface area contributed by atoms with Crippen LogP contribution in [0.3, 0.4) is 0 Å². The zero-order chi connectivity index (χ0) is 19.8. The summed E-state index contributed by atoms with van der Waals surface area (Å²) in [6.07, 6.45) is -0.704. The fourth-order valence-corrected chi connectivity index (χ4v) is 2.75. The minimum absolute atomic E-state index is 0.0680. The van der Waals surface area contributed by atoms with E-state index in [2.05, 4.69) is 21.2 Å². The van der Waals surface area contributed by atoms with Crippen LogP contribution >= 0.6 is 15.9 Å². The Morgan fingerprint density at radius 3 is 2.44 bits per heavy atom. The van der Waals surface area contributed by atoms with E-state index in [4.69, 9.17) is 9.47 Å². The first-order chi connectivity index (χ1) is 12.9. The number of anilines is 1. The predicted octanol–water partition coefficient (Wildman–Crippen LogP) is 3.71. The molecule has 7 heteroatoms. The Morgan fingerprint density at radius 1 is 1.15 bits per heavy atom. The van der Waals surface area contributed by atoms with E-state index in [9.17, 15) is 9.59 Å². The zero-order valence-corrected chi connectivity index (χ0v) is 17.2. The minimum Gasteiger partial charge on any atom is -0.495 e. The summed E-state index contributed by atoms with van der Waals surface area (Å²) in [4.78, 5) is 26.5. The maximum absolute atomic E-state index is 12.6. The predicted molar refractivity (Wildman–Crippen MR) is 108 cm³/mol. The zero-order valence-electron chi connectivity index (χ0n) is 15.6. The van der Waals surface area contributed by atoms with Crippen LogP contribution in [-0.2, 0) is 9.59 Å². The number of ether oxygens (including phenoxy) is 2. The molecule has 1 atom stereocenters. The molecule has 0 aliphatic rings. The number of amides is 2. The van der Waals surface area contributed by atoms with Gasteiger partial charge in [-0.2, -0.15) is 0 Å².